The zero-order valence-corrected chi connectivity index (χ0v) is 8.01. The zero-order chi connectivity index (χ0) is 8.97. The summed E-state index contributed by atoms with van der Waals surface area (Å²) < 4.78 is 5.03. The van der Waals surface area contributed by atoms with Crippen molar-refractivity contribution in [3.8, 4) is 0 Å². The quantitative estimate of drug-likeness (QED) is 0.632. The lowest BCUT2D eigenvalue weighted by molar-refractivity contribution is -0.122. The fourth-order valence-electron chi connectivity index (χ4n) is 1.51. The van der Waals surface area contributed by atoms with Crippen LogP contribution < -0.4 is 0 Å². The number of ketones is 1. The third-order valence-corrected chi connectivity index (χ3v) is 2.66. The third-order valence-electron chi connectivity index (χ3n) is 2.66. The minimum absolute atomic E-state index is 0.0950. The van der Waals surface area contributed by atoms with Gasteiger partial charge in [0.25, 0.3) is 0 Å². The van der Waals surface area contributed by atoms with Crippen molar-refractivity contribution in [1.29, 1.82) is 0 Å². The monoisotopic (exact) mass is 170 g/mol. The first-order valence-corrected chi connectivity index (χ1v) is 4.77. The highest BCUT2D eigenvalue weighted by molar-refractivity contribution is 5.79. The summed E-state index contributed by atoms with van der Waals surface area (Å²) in [4.78, 5) is 11.3. The van der Waals surface area contributed by atoms with Crippen LogP contribution in [0.4, 0.5) is 0 Å². The van der Waals surface area contributed by atoms with Gasteiger partial charge in [0.1, 0.15) is 5.78 Å². The maximum Gasteiger partial charge on any atom is 0.135 e. The summed E-state index contributed by atoms with van der Waals surface area (Å²) in [6.07, 6.45) is 5.30. The molecule has 0 bridgehead atoms. The summed E-state index contributed by atoms with van der Waals surface area (Å²) in [5.74, 6) is 1.07. The zero-order valence-electron chi connectivity index (χ0n) is 8.01. The topological polar surface area (TPSA) is 26.3 Å². The van der Waals surface area contributed by atoms with E-state index in [1.807, 2.05) is 6.92 Å². The molecular formula is C10H18O2. The second-order valence-electron chi connectivity index (χ2n) is 3.79. The molecule has 0 aromatic carbocycles. The van der Waals surface area contributed by atoms with Gasteiger partial charge in [-0.1, -0.05) is 19.3 Å². The molecule has 1 atom stereocenters. The van der Waals surface area contributed by atoms with E-state index < -0.39 is 0 Å². The van der Waals surface area contributed by atoms with E-state index in [1.54, 1.807) is 7.11 Å². The number of carbonyl (C=O) groups is 1. The van der Waals surface area contributed by atoms with Gasteiger partial charge in [-0.15, -0.1) is 0 Å². The highest BCUT2D eigenvalue weighted by Crippen LogP contribution is 2.29. The molecule has 0 aromatic heterocycles. The van der Waals surface area contributed by atoms with Gasteiger partial charge in [-0.2, -0.15) is 0 Å². The fourth-order valence-corrected chi connectivity index (χ4v) is 1.51. The first-order valence-electron chi connectivity index (χ1n) is 4.77. The summed E-state index contributed by atoms with van der Waals surface area (Å²) in [7, 11) is 1.65. The van der Waals surface area contributed by atoms with Gasteiger partial charge in [0, 0.05) is 20.0 Å². The van der Waals surface area contributed by atoms with Crippen molar-refractivity contribution in [3.63, 3.8) is 0 Å². The smallest absolute Gasteiger partial charge is 0.135 e. The van der Waals surface area contributed by atoms with Crippen molar-refractivity contribution in [3.05, 3.63) is 0 Å². The van der Waals surface area contributed by atoms with Crippen LogP contribution in [0.15, 0.2) is 0 Å². The van der Waals surface area contributed by atoms with Crippen molar-refractivity contribution < 1.29 is 9.53 Å². The fraction of sp³-hybridized carbons (Fsp3) is 0.900. The normalized spacial score (nSPS) is 20.2. The molecule has 0 N–H and O–H groups in total. The lowest BCUT2D eigenvalue weighted by Gasteiger charge is -2.24. The van der Waals surface area contributed by atoms with Crippen molar-refractivity contribution in [2.24, 2.45) is 5.92 Å². The molecule has 70 valence electrons. The van der Waals surface area contributed by atoms with Crippen LogP contribution >= 0.6 is 0 Å². The van der Waals surface area contributed by atoms with Crippen molar-refractivity contribution in [2.75, 3.05) is 7.11 Å². The second kappa shape index (κ2) is 4.61. The molecule has 1 rings (SSSR count). The number of carbonyl (C=O) groups excluding carboxylic acids is 1. The highest BCUT2D eigenvalue weighted by Gasteiger charge is 2.21. The molecular weight excluding hydrogens is 152 g/mol. The van der Waals surface area contributed by atoms with E-state index in [2.05, 4.69) is 0 Å². The van der Waals surface area contributed by atoms with Crippen molar-refractivity contribution in [2.45, 2.75) is 45.1 Å². The van der Waals surface area contributed by atoms with Crippen LogP contribution in [0, 0.1) is 5.92 Å². The van der Waals surface area contributed by atoms with Gasteiger partial charge in [0.05, 0.1) is 6.10 Å². The number of ether oxygens (including phenoxy) is 1. The van der Waals surface area contributed by atoms with E-state index in [4.69, 9.17) is 4.74 Å². The number of rotatable bonds is 5. The van der Waals surface area contributed by atoms with E-state index in [-0.39, 0.29) is 6.10 Å². The molecule has 0 saturated heterocycles. The summed E-state index contributed by atoms with van der Waals surface area (Å²) in [6.45, 7) is 1.94. The van der Waals surface area contributed by atoms with Gasteiger partial charge >= 0.3 is 0 Å². The van der Waals surface area contributed by atoms with Crippen LogP contribution in [-0.4, -0.2) is 19.0 Å². The van der Waals surface area contributed by atoms with Crippen LogP contribution in [0.5, 0.6) is 0 Å². The predicted molar refractivity (Wildman–Crippen MR) is 48.1 cm³/mol. The summed E-state index contributed by atoms with van der Waals surface area (Å²) >= 11 is 0. The predicted octanol–water partition coefficient (Wildman–Crippen LogP) is 2.17. The first kappa shape index (κ1) is 9.72. The Kier molecular flexibility index (Phi) is 3.73. The number of hydrogen-bond donors (Lipinski definition) is 0. The lowest BCUT2D eigenvalue weighted by Crippen LogP contribution is -2.19. The van der Waals surface area contributed by atoms with E-state index in [0.717, 1.165) is 6.42 Å². The molecule has 2 heteroatoms. The molecule has 1 aliphatic carbocycles. The van der Waals surface area contributed by atoms with Crippen LogP contribution in [0.2, 0.25) is 0 Å². The summed E-state index contributed by atoms with van der Waals surface area (Å²) in [6, 6.07) is 0. The first-order chi connectivity index (χ1) is 5.72. The Balaban J connectivity index is 2.10. The van der Waals surface area contributed by atoms with Gasteiger partial charge in [0.2, 0.25) is 0 Å². The van der Waals surface area contributed by atoms with Crippen LogP contribution in [0.25, 0.3) is 0 Å². The largest absolute Gasteiger partial charge is 0.381 e. The minimum Gasteiger partial charge on any atom is -0.381 e. The van der Waals surface area contributed by atoms with Crippen molar-refractivity contribution in [1.82, 2.24) is 0 Å². The maximum absolute atomic E-state index is 11.3. The summed E-state index contributed by atoms with van der Waals surface area (Å²) in [5.41, 5.74) is 0. The van der Waals surface area contributed by atoms with E-state index in [0.29, 0.717) is 18.1 Å². The Labute approximate surface area is 74.3 Å². The Bertz CT molecular complexity index is 141. The molecule has 1 aliphatic rings. The highest BCUT2D eigenvalue weighted by atomic mass is 16.5. The Hall–Kier alpha value is -0.370. The van der Waals surface area contributed by atoms with Gasteiger partial charge in [-0.3, -0.25) is 4.79 Å². The maximum atomic E-state index is 11.3. The van der Waals surface area contributed by atoms with E-state index in [1.165, 1.54) is 19.3 Å². The Morgan fingerprint density at radius 3 is 2.67 bits per heavy atom. The van der Waals surface area contributed by atoms with Gasteiger partial charge in [0.15, 0.2) is 0 Å². The molecule has 0 spiro atoms. The molecule has 0 heterocycles. The van der Waals surface area contributed by atoms with Crippen LogP contribution in [0.1, 0.15) is 39.0 Å². The summed E-state index contributed by atoms with van der Waals surface area (Å²) in [5, 5.41) is 0. The molecule has 2 nitrogen and oxygen atoms in total. The van der Waals surface area contributed by atoms with E-state index >= 15 is 0 Å². The molecule has 0 aliphatic heterocycles. The molecule has 0 radical (unpaired) electrons. The van der Waals surface area contributed by atoms with Gasteiger partial charge in [-0.05, 0) is 12.8 Å². The number of methoxy groups -OCH3 is 1. The van der Waals surface area contributed by atoms with E-state index in [9.17, 15) is 4.79 Å². The van der Waals surface area contributed by atoms with Gasteiger partial charge in [-0.25, -0.2) is 0 Å². The number of hydrogen-bond acceptors (Lipinski definition) is 2. The Morgan fingerprint density at radius 2 is 2.25 bits per heavy atom. The van der Waals surface area contributed by atoms with Crippen LogP contribution in [-0.2, 0) is 9.53 Å². The average Bonchev–Trinajstić information content (AvgIpc) is 1.97. The number of Topliss-reactive ketones (excluding diaryl/α,β-unsaturated/α-hetero) is 1. The minimum atomic E-state index is 0.0950. The Morgan fingerprint density at radius 1 is 1.58 bits per heavy atom. The SMILES string of the molecule is COC(C)CC(=O)CC1CCC1. The second-order valence-corrected chi connectivity index (χ2v) is 3.79. The molecule has 0 aromatic rings. The third kappa shape index (κ3) is 2.94. The lowest BCUT2D eigenvalue weighted by atomic mass is 9.81. The van der Waals surface area contributed by atoms with Crippen molar-refractivity contribution >= 4 is 5.78 Å². The average molecular weight is 170 g/mol. The molecule has 1 unspecified atom stereocenters. The molecule has 1 saturated carbocycles. The molecule has 1 fully saturated rings. The van der Waals surface area contributed by atoms with Gasteiger partial charge < -0.3 is 4.74 Å². The molecule has 0 amide bonds. The molecule has 12 heavy (non-hydrogen) atoms. The van der Waals surface area contributed by atoms with Crippen LogP contribution in [0.3, 0.4) is 0 Å². The standard InChI is InChI=1S/C10H18O2/c1-8(12-2)6-10(11)7-9-4-3-5-9/h8-9H,3-7H2,1-2H3.